The summed E-state index contributed by atoms with van der Waals surface area (Å²) in [5.74, 6) is -0.704. The molecular formula is C15H19F3N4O2. The molecule has 24 heavy (non-hydrogen) atoms. The lowest BCUT2D eigenvalue weighted by Gasteiger charge is -2.18. The van der Waals surface area contributed by atoms with Gasteiger partial charge < -0.3 is 15.5 Å². The highest BCUT2D eigenvalue weighted by molar-refractivity contribution is 5.88. The molecule has 1 atom stereocenters. The van der Waals surface area contributed by atoms with Crippen molar-refractivity contribution in [1.29, 1.82) is 0 Å². The normalized spacial score (nSPS) is 17.9. The second-order valence-corrected chi connectivity index (χ2v) is 5.67. The van der Waals surface area contributed by atoms with Crippen molar-refractivity contribution in [3.63, 3.8) is 0 Å². The van der Waals surface area contributed by atoms with Crippen LogP contribution in [-0.4, -0.2) is 53.7 Å². The van der Waals surface area contributed by atoms with Gasteiger partial charge >= 0.3 is 12.2 Å². The number of amides is 3. The number of hydrogen-bond donors (Lipinski definition) is 2. The summed E-state index contributed by atoms with van der Waals surface area (Å²) >= 11 is 0. The molecule has 1 saturated heterocycles. The number of halogens is 3. The molecule has 2 N–H and O–H groups in total. The molecule has 2 rings (SSSR count). The zero-order chi connectivity index (χ0) is 17.7. The van der Waals surface area contributed by atoms with Gasteiger partial charge in [-0.15, -0.1) is 0 Å². The van der Waals surface area contributed by atoms with E-state index in [1.807, 2.05) is 19.1 Å². The Hall–Kier alpha value is -2.32. The van der Waals surface area contributed by atoms with Gasteiger partial charge in [0.25, 0.3) is 0 Å². The van der Waals surface area contributed by atoms with Gasteiger partial charge in [-0.05, 0) is 31.4 Å². The Morgan fingerprint density at radius 1 is 1.42 bits per heavy atom. The lowest BCUT2D eigenvalue weighted by atomic mass is 10.2. The van der Waals surface area contributed by atoms with Gasteiger partial charge in [0.05, 0.1) is 0 Å². The molecule has 1 aromatic rings. The highest BCUT2D eigenvalue weighted by atomic mass is 19.4. The SMILES string of the molecule is Cc1ccc(CCNC(=O)N[C@H]2CCN(CC(F)(F)F)C2=O)cn1. The number of rotatable bonds is 5. The third-order valence-corrected chi connectivity index (χ3v) is 3.64. The standard InChI is InChI=1S/C15H19F3N4O2/c1-10-2-3-11(8-20-10)4-6-19-14(24)21-12-5-7-22(13(12)23)9-15(16,17)18/h2-3,8,12H,4-7,9H2,1H3,(H2,19,21,24)/t12-/m0/s1. The van der Waals surface area contributed by atoms with Crippen LogP contribution >= 0.6 is 0 Å². The van der Waals surface area contributed by atoms with Crippen LogP contribution < -0.4 is 10.6 Å². The zero-order valence-corrected chi connectivity index (χ0v) is 13.2. The quantitative estimate of drug-likeness (QED) is 0.848. The van der Waals surface area contributed by atoms with Crippen molar-refractivity contribution in [3.05, 3.63) is 29.6 Å². The summed E-state index contributed by atoms with van der Waals surface area (Å²) in [5.41, 5.74) is 1.85. The number of urea groups is 1. The van der Waals surface area contributed by atoms with Crippen LogP contribution in [0, 0.1) is 6.92 Å². The molecule has 0 aromatic carbocycles. The Morgan fingerprint density at radius 3 is 2.79 bits per heavy atom. The molecule has 2 heterocycles. The predicted molar refractivity (Wildman–Crippen MR) is 80.3 cm³/mol. The molecule has 3 amide bonds. The number of alkyl halides is 3. The summed E-state index contributed by atoms with van der Waals surface area (Å²) in [7, 11) is 0. The summed E-state index contributed by atoms with van der Waals surface area (Å²) < 4.78 is 37.0. The summed E-state index contributed by atoms with van der Waals surface area (Å²) in [6, 6.07) is 2.29. The maximum atomic E-state index is 12.3. The molecule has 132 valence electrons. The molecule has 1 fully saturated rings. The molecule has 1 aliphatic rings. The van der Waals surface area contributed by atoms with E-state index in [1.165, 1.54) is 0 Å². The van der Waals surface area contributed by atoms with Gasteiger partial charge in [-0.2, -0.15) is 13.2 Å². The molecule has 6 nitrogen and oxygen atoms in total. The van der Waals surface area contributed by atoms with Crippen LogP contribution in [0.4, 0.5) is 18.0 Å². The average molecular weight is 344 g/mol. The number of carbonyl (C=O) groups excluding carboxylic acids is 2. The largest absolute Gasteiger partial charge is 0.406 e. The molecule has 0 aliphatic carbocycles. The van der Waals surface area contributed by atoms with Gasteiger partial charge in [0.2, 0.25) is 5.91 Å². The van der Waals surface area contributed by atoms with Crippen molar-refractivity contribution in [1.82, 2.24) is 20.5 Å². The topological polar surface area (TPSA) is 74.3 Å². The van der Waals surface area contributed by atoms with E-state index >= 15 is 0 Å². The first-order chi connectivity index (χ1) is 11.2. The van der Waals surface area contributed by atoms with Crippen molar-refractivity contribution in [2.24, 2.45) is 0 Å². The lowest BCUT2D eigenvalue weighted by molar-refractivity contribution is -0.157. The molecule has 0 saturated carbocycles. The number of aryl methyl sites for hydroxylation is 1. The van der Waals surface area contributed by atoms with Crippen molar-refractivity contribution in [2.75, 3.05) is 19.6 Å². The van der Waals surface area contributed by atoms with E-state index in [0.29, 0.717) is 17.9 Å². The van der Waals surface area contributed by atoms with E-state index < -0.39 is 30.7 Å². The summed E-state index contributed by atoms with van der Waals surface area (Å²) in [6.07, 6.45) is -1.98. The minimum atomic E-state index is -4.44. The minimum absolute atomic E-state index is 0.0155. The average Bonchev–Trinajstić information content (AvgIpc) is 2.80. The van der Waals surface area contributed by atoms with Crippen molar-refractivity contribution < 1.29 is 22.8 Å². The maximum Gasteiger partial charge on any atom is 0.406 e. The summed E-state index contributed by atoms with van der Waals surface area (Å²) in [4.78, 5) is 28.4. The molecule has 1 aliphatic heterocycles. The Balaban J connectivity index is 1.72. The zero-order valence-electron chi connectivity index (χ0n) is 13.2. The van der Waals surface area contributed by atoms with Crippen LogP contribution in [0.15, 0.2) is 18.3 Å². The van der Waals surface area contributed by atoms with Gasteiger partial charge in [-0.25, -0.2) is 4.79 Å². The van der Waals surface area contributed by atoms with Gasteiger partial charge in [0.15, 0.2) is 0 Å². The molecule has 0 unspecified atom stereocenters. The van der Waals surface area contributed by atoms with E-state index in [0.717, 1.165) is 11.3 Å². The third-order valence-electron chi connectivity index (χ3n) is 3.64. The van der Waals surface area contributed by atoms with Crippen molar-refractivity contribution >= 4 is 11.9 Å². The Labute approximate surface area is 137 Å². The second-order valence-electron chi connectivity index (χ2n) is 5.67. The van der Waals surface area contributed by atoms with Gasteiger partial charge in [0, 0.05) is 25.0 Å². The minimum Gasteiger partial charge on any atom is -0.338 e. The summed E-state index contributed by atoms with van der Waals surface area (Å²) in [5, 5.41) is 5.00. The first-order valence-corrected chi connectivity index (χ1v) is 7.56. The third kappa shape index (κ3) is 5.39. The second kappa shape index (κ2) is 7.50. The smallest absolute Gasteiger partial charge is 0.338 e. The van der Waals surface area contributed by atoms with Crippen LogP contribution in [0.3, 0.4) is 0 Å². The highest BCUT2D eigenvalue weighted by Gasteiger charge is 2.39. The van der Waals surface area contributed by atoms with E-state index in [1.54, 1.807) is 6.20 Å². The number of pyridine rings is 1. The molecule has 1 aromatic heterocycles. The van der Waals surface area contributed by atoms with Gasteiger partial charge in [-0.1, -0.05) is 6.07 Å². The Bertz CT molecular complexity index is 589. The van der Waals surface area contributed by atoms with E-state index in [-0.39, 0.29) is 13.0 Å². The van der Waals surface area contributed by atoms with Crippen LogP contribution in [0.25, 0.3) is 0 Å². The van der Waals surface area contributed by atoms with E-state index in [2.05, 4.69) is 15.6 Å². The first-order valence-electron chi connectivity index (χ1n) is 7.56. The summed E-state index contributed by atoms with van der Waals surface area (Å²) in [6.45, 7) is 0.907. The number of nitrogens with zero attached hydrogens (tertiary/aromatic N) is 2. The number of carbonyl (C=O) groups is 2. The number of likely N-dealkylation sites (tertiary alicyclic amines) is 1. The first kappa shape index (κ1) is 18.0. The number of aromatic nitrogens is 1. The fourth-order valence-electron chi connectivity index (χ4n) is 2.42. The van der Waals surface area contributed by atoms with Crippen LogP contribution in [0.1, 0.15) is 17.7 Å². The van der Waals surface area contributed by atoms with Gasteiger partial charge in [-0.3, -0.25) is 9.78 Å². The Kier molecular flexibility index (Phi) is 5.63. The van der Waals surface area contributed by atoms with Crippen molar-refractivity contribution in [2.45, 2.75) is 32.0 Å². The predicted octanol–water partition coefficient (Wildman–Crippen LogP) is 1.39. The lowest BCUT2D eigenvalue weighted by Crippen LogP contribution is -2.47. The van der Waals surface area contributed by atoms with Crippen molar-refractivity contribution in [3.8, 4) is 0 Å². The Morgan fingerprint density at radius 2 is 2.17 bits per heavy atom. The molecule has 0 bridgehead atoms. The van der Waals surface area contributed by atoms with Crippen LogP contribution in [-0.2, 0) is 11.2 Å². The maximum absolute atomic E-state index is 12.3. The van der Waals surface area contributed by atoms with Crippen LogP contribution in [0.5, 0.6) is 0 Å². The van der Waals surface area contributed by atoms with Crippen LogP contribution in [0.2, 0.25) is 0 Å². The highest BCUT2D eigenvalue weighted by Crippen LogP contribution is 2.20. The molecule has 0 spiro atoms. The molecular weight excluding hydrogens is 325 g/mol. The monoisotopic (exact) mass is 344 g/mol. The fraction of sp³-hybridized carbons (Fsp3) is 0.533. The number of hydrogen-bond acceptors (Lipinski definition) is 3. The van der Waals surface area contributed by atoms with E-state index in [4.69, 9.17) is 0 Å². The van der Waals surface area contributed by atoms with E-state index in [9.17, 15) is 22.8 Å². The molecule has 9 heteroatoms. The fourth-order valence-corrected chi connectivity index (χ4v) is 2.42. The molecule has 0 radical (unpaired) electrons. The number of nitrogens with one attached hydrogen (secondary N) is 2. The van der Waals surface area contributed by atoms with Gasteiger partial charge in [0.1, 0.15) is 12.6 Å².